The number of rotatable bonds is 3. The molecule has 1 aromatic rings. The monoisotopic (exact) mass is 353 g/mol. The molecule has 2 heterocycles. The van der Waals surface area contributed by atoms with Crippen LogP contribution < -0.4 is 0 Å². The molecular formula is C17H21F2N3O3. The van der Waals surface area contributed by atoms with Crippen LogP contribution in [0.2, 0.25) is 0 Å². The van der Waals surface area contributed by atoms with E-state index in [4.69, 9.17) is 4.74 Å². The van der Waals surface area contributed by atoms with E-state index in [1.54, 1.807) is 4.90 Å². The zero-order chi connectivity index (χ0) is 17.8. The predicted molar refractivity (Wildman–Crippen MR) is 86.1 cm³/mol. The third-order valence-corrected chi connectivity index (χ3v) is 4.54. The minimum atomic E-state index is -0.739. The van der Waals surface area contributed by atoms with E-state index in [-0.39, 0.29) is 11.5 Å². The van der Waals surface area contributed by atoms with Crippen molar-refractivity contribution >= 4 is 11.8 Å². The Balaban J connectivity index is 1.53. The van der Waals surface area contributed by atoms with E-state index >= 15 is 0 Å². The highest BCUT2D eigenvalue weighted by Gasteiger charge is 2.27. The first-order valence-corrected chi connectivity index (χ1v) is 8.37. The molecule has 2 amide bonds. The van der Waals surface area contributed by atoms with Gasteiger partial charge in [0, 0.05) is 39.3 Å². The molecule has 0 N–H and O–H groups in total. The Kier molecular flexibility index (Phi) is 5.60. The minimum Gasteiger partial charge on any atom is -0.379 e. The van der Waals surface area contributed by atoms with Crippen molar-refractivity contribution in [2.45, 2.75) is 0 Å². The lowest BCUT2D eigenvalue weighted by atomic mass is 10.1. The highest BCUT2D eigenvalue weighted by molar-refractivity contribution is 5.94. The van der Waals surface area contributed by atoms with Gasteiger partial charge in [-0.05, 0) is 18.2 Å². The van der Waals surface area contributed by atoms with E-state index in [0.29, 0.717) is 45.9 Å². The van der Waals surface area contributed by atoms with E-state index in [0.717, 1.165) is 31.3 Å². The fourth-order valence-electron chi connectivity index (χ4n) is 3.04. The average molecular weight is 353 g/mol. The number of benzene rings is 1. The molecule has 0 saturated carbocycles. The van der Waals surface area contributed by atoms with Gasteiger partial charge in [-0.1, -0.05) is 0 Å². The highest BCUT2D eigenvalue weighted by atomic mass is 19.1. The maximum Gasteiger partial charge on any atom is 0.257 e. The molecule has 3 rings (SSSR count). The molecular weight excluding hydrogens is 332 g/mol. The number of hydrogen-bond acceptors (Lipinski definition) is 4. The lowest BCUT2D eigenvalue weighted by molar-refractivity contribution is -0.134. The third-order valence-electron chi connectivity index (χ3n) is 4.54. The first kappa shape index (κ1) is 17.8. The molecule has 2 fully saturated rings. The fourth-order valence-corrected chi connectivity index (χ4v) is 3.04. The number of halogens is 2. The van der Waals surface area contributed by atoms with Gasteiger partial charge >= 0.3 is 0 Å². The van der Waals surface area contributed by atoms with Crippen molar-refractivity contribution in [2.24, 2.45) is 0 Å². The number of morpholine rings is 1. The molecule has 0 radical (unpaired) electrons. The van der Waals surface area contributed by atoms with Gasteiger partial charge in [0.05, 0.1) is 25.3 Å². The van der Waals surface area contributed by atoms with Gasteiger partial charge in [0.25, 0.3) is 5.91 Å². The van der Waals surface area contributed by atoms with Crippen LogP contribution in [0.1, 0.15) is 10.4 Å². The Morgan fingerprint density at radius 2 is 1.60 bits per heavy atom. The number of nitrogens with zero attached hydrogens (tertiary/aromatic N) is 3. The standard InChI is InChI=1S/C17H21F2N3O3/c18-13-1-2-15(19)14(11-13)17(24)22-5-3-21(4-6-22)16(23)12-20-7-9-25-10-8-20/h1-2,11H,3-10,12H2. The van der Waals surface area contributed by atoms with Gasteiger partial charge in [0.1, 0.15) is 11.6 Å². The van der Waals surface area contributed by atoms with Crippen molar-refractivity contribution in [3.63, 3.8) is 0 Å². The molecule has 2 aliphatic heterocycles. The summed E-state index contributed by atoms with van der Waals surface area (Å²) in [6, 6.07) is 2.84. The summed E-state index contributed by atoms with van der Waals surface area (Å²) in [5, 5.41) is 0. The largest absolute Gasteiger partial charge is 0.379 e. The summed E-state index contributed by atoms with van der Waals surface area (Å²) in [7, 11) is 0. The van der Waals surface area contributed by atoms with E-state index < -0.39 is 17.5 Å². The number of carbonyl (C=O) groups excluding carboxylic acids is 2. The molecule has 8 heteroatoms. The zero-order valence-corrected chi connectivity index (χ0v) is 13.9. The molecule has 2 saturated heterocycles. The Bertz CT molecular complexity index is 642. The van der Waals surface area contributed by atoms with Crippen molar-refractivity contribution in [1.29, 1.82) is 0 Å². The second-order valence-corrected chi connectivity index (χ2v) is 6.19. The van der Waals surface area contributed by atoms with E-state index in [2.05, 4.69) is 0 Å². The number of ether oxygens (including phenoxy) is 1. The SMILES string of the molecule is O=C(CN1CCOCC1)N1CCN(C(=O)c2cc(F)ccc2F)CC1. The quantitative estimate of drug-likeness (QED) is 0.798. The summed E-state index contributed by atoms with van der Waals surface area (Å²) < 4.78 is 32.3. The van der Waals surface area contributed by atoms with Crippen molar-refractivity contribution in [2.75, 3.05) is 59.0 Å². The van der Waals surface area contributed by atoms with Crippen molar-refractivity contribution < 1.29 is 23.1 Å². The Hall–Kier alpha value is -2.06. The van der Waals surface area contributed by atoms with Gasteiger partial charge < -0.3 is 14.5 Å². The van der Waals surface area contributed by atoms with Crippen molar-refractivity contribution in [3.05, 3.63) is 35.4 Å². The molecule has 1 aromatic carbocycles. The predicted octanol–water partition coefficient (Wildman–Crippen LogP) is 0.581. The molecule has 0 atom stereocenters. The van der Waals surface area contributed by atoms with Gasteiger partial charge in [-0.3, -0.25) is 14.5 Å². The van der Waals surface area contributed by atoms with Crippen LogP contribution in [-0.2, 0) is 9.53 Å². The molecule has 25 heavy (non-hydrogen) atoms. The second-order valence-electron chi connectivity index (χ2n) is 6.19. The normalized spacial score (nSPS) is 19.1. The molecule has 136 valence electrons. The summed E-state index contributed by atoms with van der Waals surface area (Å²) in [6.07, 6.45) is 0. The number of piperazine rings is 1. The maximum atomic E-state index is 13.7. The van der Waals surface area contributed by atoms with Gasteiger partial charge in [0.15, 0.2) is 0 Å². The van der Waals surface area contributed by atoms with Crippen LogP contribution in [0.4, 0.5) is 8.78 Å². The van der Waals surface area contributed by atoms with E-state index in [9.17, 15) is 18.4 Å². The first-order valence-electron chi connectivity index (χ1n) is 8.37. The van der Waals surface area contributed by atoms with E-state index in [1.807, 2.05) is 4.90 Å². The van der Waals surface area contributed by atoms with Crippen LogP contribution >= 0.6 is 0 Å². The molecule has 0 aromatic heterocycles. The van der Waals surface area contributed by atoms with E-state index in [1.165, 1.54) is 4.90 Å². The third kappa shape index (κ3) is 4.32. The van der Waals surface area contributed by atoms with Crippen LogP contribution in [0, 0.1) is 11.6 Å². The fraction of sp³-hybridized carbons (Fsp3) is 0.529. The summed E-state index contributed by atoms with van der Waals surface area (Å²) in [6.45, 7) is 4.50. The Labute approximate surface area is 144 Å². The van der Waals surface area contributed by atoms with Gasteiger partial charge in [-0.15, -0.1) is 0 Å². The smallest absolute Gasteiger partial charge is 0.257 e. The summed E-state index contributed by atoms with van der Waals surface area (Å²) in [4.78, 5) is 29.9. The number of hydrogen-bond donors (Lipinski definition) is 0. The van der Waals surface area contributed by atoms with Crippen LogP contribution in [0.3, 0.4) is 0 Å². The molecule has 0 aliphatic carbocycles. The molecule has 0 unspecified atom stereocenters. The van der Waals surface area contributed by atoms with Crippen LogP contribution in [0.5, 0.6) is 0 Å². The maximum absolute atomic E-state index is 13.7. The summed E-state index contributed by atoms with van der Waals surface area (Å²) in [5.41, 5.74) is -0.270. The molecule has 0 bridgehead atoms. The van der Waals surface area contributed by atoms with Crippen LogP contribution in [0.25, 0.3) is 0 Å². The minimum absolute atomic E-state index is 0.0194. The second kappa shape index (κ2) is 7.88. The topological polar surface area (TPSA) is 53.1 Å². The van der Waals surface area contributed by atoms with Gasteiger partial charge in [-0.25, -0.2) is 8.78 Å². The summed E-state index contributed by atoms with van der Waals surface area (Å²) >= 11 is 0. The zero-order valence-electron chi connectivity index (χ0n) is 13.9. The Morgan fingerprint density at radius 3 is 2.28 bits per heavy atom. The van der Waals surface area contributed by atoms with Crippen molar-refractivity contribution in [1.82, 2.24) is 14.7 Å². The van der Waals surface area contributed by atoms with Crippen LogP contribution in [0.15, 0.2) is 18.2 Å². The van der Waals surface area contributed by atoms with Crippen LogP contribution in [-0.4, -0.2) is 85.5 Å². The first-order chi connectivity index (χ1) is 12.0. The molecule has 2 aliphatic rings. The number of carbonyl (C=O) groups is 2. The lowest BCUT2D eigenvalue weighted by Gasteiger charge is -2.36. The summed E-state index contributed by atoms with van der Waals surface area (Å²) in [5.74, 6) is -1.91. The molecule has 6 nitrogen and oxygen atoms in total. The molecule has 0 spiro atoms. The van der Waals surface area contributed by atoms with Crippen molar-refractivity contribution in [3.8, 4) is 0 Å². The lowest BCUT2D eigenvalue weighted by Crippen LogP contribution is -2.53. The van der Waals surface area contributed by atoms with Gasteiger partial charge in [0.2, 0.25) is 5.91 Å². The average Bonchev–Trinajstić information content (AvgIpc) is 2.64. The number of amides is 2. The van der Waals surface area contributed by atoms with Gasteiger partial charge in [-0.2, -0.15) is 0 Å². The Morgan fingerprint density at radius 1 is 0.960 bits per heavy atom. The highest BCUT2D eigenvalue weighted by Crippen LogP contribution is 2.14.